The van der Waals surface area contributed by atoms with E-state index in [2.05, 4.69) is 186 Å². The molecule has 0 N–H and O–H groups in total. The van der Waals surface area contributed by atoms with Crippen LogP contribution >= 0.6 is 11.3 Å². The second-order valence-electron chi connectivity index (χ2n) is 18.0. The predicted octanol–water partition coefficient (Wildman–Crippen LogP) is 16.6. The van der Waals surface area contributed by atoms with Gasteiger partial charge in [0.2, 0.25) is 0 Å². The lowest BCUT2D eigenvalue weighted by Crippen LogP contribution is -2.31. The van der Waals surface area contributed by atoms with E-state index in [4.69, 9.17) is 4.42 Å². The van der Waals surface area contributed by atoms with Gasteiger partial charge < -0.3 is 14.2 Å². The largest absolute Gasteiger partial charge is 0.456 e. The molecule has 294 valence electrons. The first kappa shape index (κ1) is 35.2. The maximum Gasteiger partial charge on any atom is 0.135 e. The van der Waals surface area contributed by atoms with Gasteiger partial charge in [0.25, 0.3) is 0 Å². The number of thiophene rings is 1. The molecule has 0 saturated heterocycles. The molecule has 4 aliphatic carbocycles. The van der Waals surface area contributed by atoms with Crippen LogP contribution in [-0.2, 0) is 5.41 Å². The summed E-state index contributed by atoms with van der Waals surface area (Å²) in [5.41, 5.74) is 13.0. The zero-order valence-corrected chi connectivity index (χ0v) is 34.7. The van der Waals surface area contributed by atoms with Crippen LogP contribution in [0.3, 0.4) is 0 Å². The maximum absolute atomic E-state index is 6.25. The van der Waals surface area contributed by atoms with E-state index < -0.39 is 0 Å². The zero-order chi connectivity index (χ0) is 40.1. The normalized spacial score (nSPS) is 20.4. The zero-order valence-electron chi connectivity index (χ0n) is 33.9. The van der Waals surface area contributed by atoms with Gasteiger partial charge in [-0.15, -0.1) is 11.3 Å². The van der Waals surface area contributed by atoms with Gasteiger partial charge in [0.15, 0.2) is 0 Å². The third-order valence-electron chi connectivity index (χ3n) is 14.5. The van der Waals surface area contributed by atoms with Crippen molar-refractivity contribution in [3.8, 4) is 11.1 Å². The summed E-state index contributed by atoms with van der Waals surface area (Å²) in [5, 5.41) is 4.82. The maximum atomic E-state index is 6.25. The van der Waals surface area contributed by atoms with Gasteiger partial charge in [0.05, 0.1) is 0 Å². The average Bonchev–Trinajstić information content (AvgIpc) is 4.03. The van der Waals surface area contributed by atoms with Crippen LogP contribution < -0.4 is 9.80 Å². The van der Waals surface area contributed by atoms with Crippen LogP contribution in [0.2, 0.25) is 0 Å². The minimum absolute atomic E-state index is 0.412. The number of anilines is 6. The molecule has 0 aliphatic heterocycles. The number of hydrogen-bond acceptors (Lipinski definition) is 4. The molecule has 14 rings (SSSR count). The number of nitrogens with zero attached hydrogens (tertiary/aromatic N) is 2. The van der Waals surface area contributed by atoms with E-state index in [1.807, 2.05) is 23.5 Å². The highest BCUT2D eigenvalue weighted by molar-refractivity contribution is 7.25. The molecule has 4 saturated carbocycles. The number of para-hydroxylation sites is 2. The Morgan fingerprint density at radius 3 is 1.61 bits per heavy atom. The standard InChI is InChI=1S/C57H44N2OS/c1-2-8-43(9-3-1)58(46-24-18-42(19-25-46)57-34-37-30-40(35-57)41(31-37)36-57)44-20-14-38(15-21-44)39-16-22-45(23-17-39)59(47-26-28-54-51(32-47)49-10-4-6-12-53(49)60-54)48-27-29-56-52(33-48)50-11-5-7-13-55(50)61-56/h1-29,32-33,37,40-41H,30-31,34-36H2. The highest BCUT2D eigenvalue weighted by atomic mass is 32.1. The number of hydrogen-bond donors (Lipinski definition) is 0. The molecule has 2 aromatic heterocycles. The number of furan rings is 1. The quantitative estimate of drug-likeness (QED) is 0.153. The summed E-state index contributed by atoms with van der Waals surface area (Å²) in [4.78, 5) is 4.78. The Morgan fingerprint density at radius 1 is 0.410 bits per heavy atom. The average molecular weight is 805 g/mol. The lowest BCUT2D eigenvalue weighted by atomic mass is 9.66. The van der Waals surface area contributed by atoms with E-state index in [1.165, 1.54) is 74.8 Å². The molecule has 8 aromatic carbocycles. The molecule has 4 bridgehead atoms. The highest BCUT2D eigenvalue weighted by Crippen LogP contribution is 2.65. The van der Waals surface area contributed by atoms with Crippen molar-refractivity contribution in [1.82, 2.24) is 0 Å². The van der Waals surface area contributed by atoms with Crippen molar-refractivity contribution in [3.63, 3.8) is 0 Å². The van der Waals surface area contributed by atoms with Crippen LogP contribution in [0.1, 0.15) is 37.7 Å². The molecular weight excluding hydrogens is 761 g/mol. The summed E-state index contributed by atoms with van der Waals surface area (Å²) in [6, 6.07) is 69.1. The van der Waals surface area contributed by atoms with Crippen LogP contribution in [-0.4, -0.2) is 0 Å². The van der Waals surface area contributed by atoms with Gasteiger partial charge in [-0.1, -0.05) is 91.0 Å². The van der Waals surface area contributed by atoms with Gasteiger partial charge in [0, 0.05) is 65.1 Å². The number of rotatable bonds is 8. The molecule has 3 nitrogen and oxygen atoms in total. The predicted molar refractivity (Wildman–Crippen MR) is 257 cm³/mol. The monoisotopic (exact) mass is 804 g/mol. The Hall–Kier alpha value is -6.62. The Morgan fingerprint density at radius 2 is 0.918 bits per heavy atom. The van der Waals surface area contributed by atoms with Crippen LogP contribution in [0.15, 0.2) is 192 Å². The molecule has 4 fully saturated rings. The van der Waals surface area contributed by atoms with Crippen molar-refractivity contribution in [3.05, 3.63) is 194 Å². The first-order valence-corrected chi connectivity index (χ1v) is 22.7. The lowest BCUT2D eigenvalue weighted by Gasteiger charge is -2.39. The Balaban J connectivity index is 0.845. The molecule has 2 unspecified atom stereocenters. The van der Waals surface area contributed by atoms with Crippen molar-refractivity contribution in [2.45, 2.75) is 37.5 Å². The fourth-order valence-electron chi connectivity index (χ4n) is 11.9. The first-order chi connectivity index (χ1) is 30.1. The number of benzene rings is 8. The summed E-state index contributed by atoms with van der Waals surface area (Å²) >= 11 is 1.85. The van der Waals surface area contributed by atoms with E-state index in [-0.39, 0.29) is 0 Å². The Labute approximate surface area is 360 Å². The van der Waals surface area contributed by atoms with E-state index in [1.54, 1.807) is 5.56 Å². The van der Waals surface area contributed by atoms with Gasteiger partial charge >= 0.3 is 0 Å². The van der Waals surface area contributed by atoms with E-state index >= 15 is 0 Å². The fourth-order valence-corrected chi connectivity index (χ4v) is 13.0. The Bertz CT molecular complexity index is 3120. The minimum Gasteiger partial charge on any atom is -0.456 e. The first-order valence-electron chi connectivity index (χ1n) is 21.9. The van der Waals surface area contributed by atoms with Crippen molar-refractivity contribution in [2.24, 2.45) is 17.8 Å². The Kier molecular flexibility index (Phi) is 7.90. The lowest BCUT2D eigenvalue weighted by molar-refractivity contribution is 0.229. The molecule has 10 aromatic rings. The molecule has 61 heavy (non-hydrogen) atoms. The van der Waals surface area contributed by atoms with Crippen LogP contribution in [0.4, 0.5) is 34.1 Å². The molecule has 2 atom stereocenters. The molecule has 0 radical (unpaired) electrons. The highest BCUT2D eigenvalue weighted by Gasteiger charge is 2.56. The van der Waals surface area contributed by atoms with Gasteiger partial charge in [-0.3, -0.25) is 0 Å². The van der Waals surface area contributed by atoms with Crippen molar-refractivity contribution in [2.75, 3.05) is 9.80 Å². The summed E-state index contributed by atoms with van der Waals surface area (Å²) < 4.78 is 8.86. The summed E-state index contributed by atoms with van der Waals surface area (Å²) in [6.07, 6.45) is 7.16. The minimum atomic E-state index is 0.412. The second kappa shape index (κ2) is 13.7. The van der Waals surface area contributed by atoms with Crippen LogP contribution in [0, 0.1) is 17.8 Å². The second-order valence-corrected chi connectivity index (χ2v) is 19.0. The van der Waals surface area contributed by atoms with Gasteiger partial charge in [0.1, 0.15) is 11.2 Å². The topological polar surface area (TPSA) is 19.6 Å². The summed E-state index contributed by atoms with van der Waals surface area (Å²) in [6.45, 7) is 0. The molecule has 0 amide bonds. The summed E-state index contributed by atoms with van der Waals surface area (Å²) in [7, 11) is 0. The van der Waals surface area contributed by atoms with Crippen LogP contribution in [0.25, 0.3) is 53.2 Å². The third kappa shape index (κ3) is 5.76. The molecular formula is C57H44N2OS. The third-order valence-corrected chi connectivity index (χ3v) is 15.6. The SMILES string of the molecule is c1ccc(N(c2ccc(-c3ccc(N(c4ccc5oc6ccccc6c5c4)c4ccc5sc6ccccc6c5c4)cc3)cc2)c2ccc(C34CC5CC(C3)C(C5)C4)cc2)cc1. The fraction of sp³-hybridized carbons (Fsp3) is 0.158. The molecule has 4 heteroatoms. The smallest absolute Gasteiger partial charge is 0.135 e. The van der Waals surface area contributed by atoms with Crippen LogP contribution in [0.5, 0.6) is 0 Å². The number of fused-ring (bicyclic) bond motifs is 6. The molecule has 2 heterocycles. The summed E-state index contributed by atoms with van der Waals surface area (Å²) in [5.74, 6) is 2.89. The van der Waals surface area contributed by atoms with Gasteiger partial charge in [-0.25, -0.2) is 0 Å². The van der Waals surface area contributed by atoms with E-state index in [0.29, 0.717) is 5.41 Å². The van der Waals surface area contributed by atoms with Gasteiger partial charge in [-0.2, -0.15) is 0 Å². The van der Waals surface area contributed by atoms with E-state index in [9.17, 15) is 0 Å². The van der Waals surface area contributed by atoms with Gasteiger partial charge in [-0.05, 0) is 169 Å². The van der Waals surface area contributed by atoms with Crippen molar-refractivity contribution >= 4 is 87.6 Å². The van der Waals surface area contributed by atoms with E-state index in [0.717, 1.165) is 62.4 Å². The molecule has 0 spiro atoms. The molecule has 4 aliphatic rings. The van der Waals surface area contributed by atoms with Crippen molar-refractivity contribution < 1.29 is 4.42 Å². The van der Waals surface area contributed by atoms with Crippen molar-refractivity contribution in [1.29, 1.82) is 0 Å².